The van der Waals surface area contributed by atoms with E-state index >= 15 is 0 Å². The zero-order chi connectivity index (χ0) is 18.7. The van der Waals surface area contributed by atoms with Crippen LogP contribution in [0.1, 0.15) is 11.1 Å². The van der Waals surface area contributed by atoms with Crippen molar-refractivity contribution in [1.29, 1.82) is 0 Å². The molecule has 0 radical (unpaired) electrons. The molecule has 0 aliphatic rings. The Bertz CT molecular complexity index is 927. The molecular weight excluding hydrogens is 337 g/mol. The fourth-order valence-corrected chi connectivity index (χ4v) is 2.79. The zero-order valence-electron chi connectivity index (χ0n) is 14.1. The molecule has 0 atom stereocenters. The lowest BCUT2D eigenvalue weighted by Gasteiger charge is -2.14. The molecule has 0 saturated carbocycles. The van der Waals surface area contributed by atoms with Gasteiger partial charge in [0.05, 0.1) is 12.8 Å². The number of hydrogen-bond donors (Lipinski definition) is 3. The molecule has 0 aromatic heterocycles. The molecule has 3 aromatic carbocycles. The smallest absolute Gasteiger partial charge is 0.126 e. The van der Waals surface area contributed by atoms with Crippen LogP contribution in [0, 0.1) is 5.82 Å². The molecule has 6 heteroatoms. The Hall–Kier alpha value is -3.09. The first-order chi connectivity index (χ1) is 12.5. The van der Waals surface area contributed by atoms with Crippen LogP contribution in [-0.4, -0.2) is 22.6 Å². The summed E-state index contributed by atoms with van der Waals surface area (Å²) < 4.78 is 18.6. The lowest BCUT2D eigenvalue weighted by molar-refractivity contribution is 0.0292. The summed E-state index contributed by atoms with van der Waals surface area (Å²) in [5.74, 6) is 0.0354. The molecule has 26 heavy (non-hydrogen) atoms. The van der Waals surface area contributed by atoms with Gasteiger partial charge in [-0.25, -0.2) is 4.39 Å². The van der Waals surface area contributed by atoms with Gasteiger partial charge in [0.15, 0.2) is 0 Å². The number of phenolic OH excluding ortho intramolecular Hbond substituents is 1. The summed E-state index contributed by atoms with van der Waals surface area (Å²) in [4.78, 5) is 0. The maximum atomic E-state index is 13.2. The summed E-state index contributed by atoms with van der Waals surface area (Å²) in [5.41, 5.74) is 3.20. The highest BCUT2D eigenvalue weighted by Crippen LogP contribution is 2.34. The molecule has 0 heterocycles. The maximum Gasteiger partial charge on any atom is 0.126 e. The molecule has 0 spiro atoms. The van der Waals surface area contributed by atoms with Gasteiger partial charge in [0.1, 0.15) is 17.3 Å². The fraction of sp³-hybridized carbons (Fsp3) is 0.100. The van der Waals surface area contributed by atoms with E-state index in [1.54, 1.807) is 37.4 Å². The van der Waals surface area contributed by atoms with Crippen LogP contribution >= 0.6 is 0 Å². The molecule has 3 aromatic rings. The number of anilines is 1. The van der Waals surface area contributed by atoms with Crippen molar-refractivity contribution in [1.82, 2.24) is 0 Å². The predicted molar refractivity (Wildman–Crippen MR) is 95.4 cm³/mol. The number of rotatable bonds is 5. The second-order valence-corrected chi connectivity index (χ2v) is 5.82. The number of aromatic hydroxyl groups is 1. The van der Waals surface area contributed by atoms with Crippen LogP contribution < -0.4 is 9.96 Å². The lowest BCUT2D eigenvalue weighted by atomic mass is 9.97. The summed E-state index contributed by atoms with van der Waals surface area (Å²) in [5, 5.41) is 28.4. The van der Waals surface area contributed by atoms with Crippen molar-refractivity contribution in [2.75, 3.05) is 12.3 Å². The second kappa shape index (κ2) is 7.43. The molecule has 0 aliphatic carbocycles. The fourth-order valence-electron chi connectivity index (χ4n) is 2.79. The number of methoxy groups -OCH3 is 1. The standard InChI is InChI=1S/C20H18FNO4/c1-26-20-8-5-13(9-15-6-7-16(21)12-19(15)23)10-18(20)14-3-2-4-17(11-14)22(24)25/h2-8,10-12,23-25H,9H2,1H3. The minimum Gasteiger partial charge on any atom is -0.508 e. The van der Waals surface area contributed by atoms with Gasteiger partial charge in [-0.1, -0.05) is 24.3 Å². The van der Waals surface area contributed by atoms with Gasteiger partial charge in [-0.15, -0.1) is 5.23 Å². The van der Waals surface area contributed by atoms with E-state index < -0.39 is 5.82 Å². The molecule has 0 saturated heterocycles. The van der Waals surface area contributed by atoms with Crippen molar-refractivity contribution in [3.8, 4) is 22.6 Å². The molecule has 0 amide bonds. The van der Waals surface area contributed by atoms with E-state index in [4.69, 9.17) is 4.74 Å². The summed E-state index contributed by atoms with van der Waals surface area (Å²) in [6, 6.07) is 16.2. The van der Waals surface area contributed by atoms with Crippen molar-refractivity contribution < 1.29 is 24.6 Å². The Morgan fingerprint density at radius 3 is 2.50 bits per heavy atom. The van der Waals surface area contributed by atoms with E-state index in [9.17, 15) is 19.9 Å². The lowest BCUT2D eigenvalue weighted by Crippen LogP contribution is -2.10. The molecule has 3 N–H and O–H groups in total. The monoisotopic (exact) mass is 355 g/mol. The second-order valence-electron chi connectivity index (χ2n) is 5.82. The van der Waals surface area contributed by atoms with Crippen molar-refractivity contribution in [3.63, 3.8) is 0 Å². The van der Waals surface area contributed by atoms with Gasteiger partial charge < -0.3 is 9.84 Å². The van der Waals surface area contributed by atoms with Crippen molar-refractivity contribution in [2.24, 2.45) is 0 Å². The van der Waals surface area contributed by atoms with Gasteiger partial charge in [-0.2, -0.15) is 0 Å². The molecular formula is C20H18FNO4. The Labute approximate surface area is 150 Å². The Balaban J connectivity index is 2.00. The van der Waals surface area contributed by atoms with Crippen LogP contribution in [0.4, 0.5) is 10.1 Å². The van der Waals surface area contributed by atoms with Crippen molar-refractivity contribution >= 4 is 5.69 Å². The highest BCUT2D eigenvalue weighted by Gasteiger charge is 2.11. The topological polar surface area (TPSA) is 73.2 Å². The molecule has 0 fully saturated rings. The van der Waals surface area contributed by atoms with E-state index in [2.05, 4.69) is 0 Å². The summed E-state index contributed by atoms with van der Waals surface area (Å²) in [6.45, 7) is 0. The van der Waals surface area contributed by atoms with E-state index in [0.29, 0.717) is 17.7 Å². The molecule has 5 nitrogen and oxygen atoms in total. The summed E-state index contributed by atoms with van der Waals surface area (Å²) in [7, 11) is 1.55. The quantitative estimate of drug-likeness (QED) is 0.592. The number of halogens is 1. The normalized spacial score (nSPS) is 10.6. The average Bonchev–Trinajstić information content (AvgIpc) is 2.64. The first-order valence-corrected chi connectivity index (χ1v) is 7.90. The van der Waals surface area contributed by atoms with Crippen LogP contribution in [0.5, 0.6) is 11.5 Å². The van der Waals surface area contributed by atoms with Crippen LogP contribution in [0.3, 0.4) is 0 Å². The first kappa shape index (κ1) is 17.7. The van der Waals surface area contributed by atoms with Gasteiger partial charge in [0.2, 0.25) is 0 Å². The average molecular weight is 355 g/mol. The summed E-state index contributed by atoms with van der Waals surface area (Å²) in [6.07, 6.45) is 0.412. The molecule has 0 aliphatic heterocycles. The van der Waals surface area contributed by atoms with Crippen LogP contribution in [0.15, 0.2) is 60.7 Å². The highest BCUT2D eigenvalue weighted by atomic mass is 19.1. The minimum absolute atomic E-state index is 0.0520. The first-order valence-electron chi connectivity index (χ1n) is 7.90. The predicted octanol–water partition coefficient (Wildman–Crippen LogP) is 4.38. The van der Waals surface area contributed by atoms with Crippen molar-refractivity contribution in [2.45, 2.75) is 6.42 Å². The van der Waals surface area contributed by atoms with Gasteiger partial charge in [0.25, 0.3) is 0 Å². The third-order valence-corrected chi connectivity index (χ3v) is 4.09. The maximum absolute atomic E-state index is 13.2. The number of phenols is 1. The largest absolute Gasteiger partial charge is 0.508 e. The number of benzene rings is 3. The Morgan fingerprint density at radius 1 is 1.00 bits per heavy atom. The van der Waals surface area contributed by atoms with E-state index in [1.807, 2.05) is 18.2 Å². The third kappa shape index (κ3) is 3.77. The van der Waals surface area contributed by atoms with Gasteiger partial charge >= 0.3 is 0 Å². The third-order valence-electron chi connectivity index (χ3n) is 4.09. The zero-order valence-corrected chi connectivity index (χ0v) is 14.1. The molecule has 3 rings (SSSR count). The molecule has 0 bridgehead atoms. The summed E-state index contributed by atoms with van der Waals surface area (Å²) >= 11 is 0. The van der Waals surface area contributed by atoms with Gasteiger partial charge in [0, 0.05) is 18.1 Å². The van der Waals surface area contributed by atoms with Crippen LogP contribution in [-0.2, 0) is 6.42 Å². The van der Waals surface area contributed by atoms with Gasteiger partial charge in [-0.3, -0.25) is 10.4 Å². The van der Waals surface area contributed by atoms with Crippen LogP contribution in [0.2, 0.25) is 0 Å². The molecule has 134 valence electrons. The number of hydrogen-bond acceptors (Lipinski definition) is 5. The minimum atomic E-state index is -0.490. The number of nitrogens with zero attached hydrogens (tertiary/aromatic N) is 1. The Morgan fingerprint density at radius 2 is 1.81 bits per heavy atom. The van der Waals surface area contributed by atoms with E-state index in [0.717, 1.165) is 22.8 Å². The van der Waals surface area contributed by atoms with E-state index in [1.165, 1.54) is 6.07 Å². The van der Waals surface area contributed by atoms with Gasteiger partial charge in [-0.05, 0) is 47.0 Å². The highest BCUT2D eigenvalue weighted by molar-refractivity contribution is 5.74. The van der Waals surface area contributed by atoms with Crippen LogP contribution in [0.25, 0.3) is 11.1 Å². The van der Waals surface area contributed by atoms with Crippen molar-refractivity contribution in [3.05, 3.63) is 77.6 Å². The SMILES string of the molecule is COc1ccc(Cc2ccc(F)cc2O)cc1-c1cccc(N(O)O)c1. The molecule has 0 unspecified atom stereocenters. The Kier molecular flexibility index (Phi) is 5.06. The number of ether oxygens (including phenoxy) is 1. The van der Waals surface area contributed by atoms with E-state index in [-0.39, 0.29) is 16.7 Å².